The van der Waals surface area contributed by atoms with Crippen LogP contribution in [0, 0.1) is 12.8 Å². The number of piperidine rings is 1. The van der Waals surface area contributed by atoms with Crippen molar-refractivity contribution in [2.75, 3.05) is 28.7 Å². The molecule has 1 aromatic heterocycles. The van der Waals surface area contributed by atoms with E-state index in [1.807, 2.05) is 42.5 Å². The third-order valence-corrected chi connectivity index (χ3v) is 6.37. The number of hydrogen-bond acceptors (Lipinski definition) is 7. The lowest BCUT2D eigenvalue weighted by molar-refractivity contribution is 0.400. The van der Waals surface area contributed by atoms with Gasteiger partial charge in [-0.1, -0.05) is 78.4 Å². The first-order valence-electron chi connectivity index (χ1n) is 12.4. The maximum atomic E-state index is 4.75. The van der Waals surface area contributed by atoms with Gasteiger partial charge >= 0.3 is 0 Å². The van der Waals surface area contributed by atoms with E-state index in [0.29, 0.717) is 23.8 Å². The summed E-state index contributed by atoms with van der Waals surface area (Å²) in [6, 6.07) is 28.8. The lowest BCUT2D eigenvalue weighted by Crippen LogP contribution is -2.35. The smallest absolute Gasteiger partial charge is 0.250 e. The first kappa shape index (κ1) is 23.5. The molecule has 3 aromatic carbocycles. The Morgan fingerprint density at radius 2 is 1.50 bits per heavy atom. The van der Waals surface area contributed by atoms with Gasteiger partial charge in [0.25, 0.3) is 0 Å². The summed E-state index contributed by atoms with van der Waals surface area (Å²) in [5.74, 6) is 2.24. The van der Waals surface area contributed by atoms with Crippen LogP contribution in [0.3, 0.4) is 0 Å². The van der Waals surface area contributed by atoms with Gasteiger partial charge in [-0.2, -0.15) is 20.1 Å². The molecule has 2 heterocycles. The normalized spacial score (nSPS) is 14.2. The number of nitrogens with one attached hydrogen (secondary N) is 2. The van der Waals surface area contributed by atoms with Gasteiger partial charge in [0.15, 0.2) is 0 Å². The molecule has 5 rings (SSSR count). The number of benzene rings is 3. The number of nitrogens with zero attached hydrogens (tertiary/aromatic N) is 5. The van der Waals surface area contributed by atoms with E-state index in [0.717, 1.165) is 43.6 Å². The summed E-state index contributed by atoms with van der Waals surface area (Å²) in [4.78, 5) is 16.3. The zero-order valence-electron chi connectivity index (χ0n) is 20.5. The molecule has 0 saturated carbocycles. The van der Waals surface area contributed by atoms with Crippen molar-refractivity contribution in [2.24, 2.45) is 11.0 Å². The lowest BCUT2D eigenvalue weighted by Gasteiger charge is -2.32. The second-order valence-electron chi connectivity index (χ2n) is 9.17. The summed E-state index contributed by atoms with van der Waals surface area (Å²) >= 11 is 0. The molecule has 4 aromatic rings. The van der Waals surface area contributed by atoms with Crippen LogP contribution >= 0.6 is 0 Å². The van der Waals surface area contributed by atoms with Crippen LogP contribution in [0.4, 0.5) is 23.5 Å². The van der Waals surface area contributed by atoms with E-state index in [4.69, 9.17) is 9.97 Å². The van der Waals surface area contributed by atoms with Crippen molar-refractivity contribution >= 4 is 29.7 Å². The molecule has 36 heavy (non-hydrogen) atoms. The molecule has 0 spiro atoms. The largest absolute Gasteiger partial charge is 0.341 e. The van der Waals surface area contributed by atoms with Crippen molar-refractivity contribution < 1.29 is 0 Å². The lowest BCUT2D eigenvalue weighted by atomic mass is 9.90. The molecular weight excluding hydrogens is 446 g/mol. The zero-order valence-corrected chi connectivity index (χ0v) is 20.5. The SMILES string of the molecule is Cc1ccc(Nc2nc(N/N=C\c3ccccc3)nc(N3CCC(Cc4ccccc4)CC3)n2)cc1. The van der Waals surface area contributed by atoms with E-state index in [1.165, 1.54) is 11.1 Å². The molecule has 7 heteroatoms. The summed E-state index contributed by atoms with van der Waals surface area (Å²) in [7, 11) is 0. The predicted molar refractivity (Wildman–Crippen MR) is 147 cm³/mol. The number of aromatic nitrogens is 3. The van der Waals surface area contributed by atoms with Gasteiger partial charge in [0.2, 0.25) is 17.8 Å². The minimum Gasteiger partial charge on any atom is -0.341 e. The monoisotopic (exact) mass is 477 g/mol. The van der Waals surface area contributed by atoms with E-state index in [1.54, 1.807) is 6.21 Å². The van der Waals surface area contributed by atoms with Gasteiger partial charge in [-0.05, 0) is 55.4 Å². The van der Waals surface area contributed by atoms with Gasteiger partial charge in [0, 0.05) is 18.8 Å². The Morgan fingerprint density at radius 3 is 2.22 bits per heavy atom. The average Bonchev–Trinajstić information content (AvgIpc) is 2.92. The molecule has 0 unspecified atom stereocenters. The Morgan fingerprint density at radius 1 is 0.833 bits per heavy atom. The topological polar surface area (TPSA) is 78.3 Å². The van der Waals surface area contributed by atoms with Crippen LogP contribution in [0.5, 0.6) is 0 Å². The summed E-state index contributed by atoms with van der Waals surface area (Å²) < 4.78 is 0. The van der Waals surface area contributed by atoms with E-state index < -0.39 is 0 Å². The van der Waals surface area contributed by atoms with E-state index in [-0.39, 0.29) is 0 Å². The molecule has 0 aliphatic carbocycles. The van der Waals surface area contributed by atoms with Gasteiger partial charge in [-0.3, -0.25) is 0 Å². The number of anilines is 4. The van der Waals surface area contributed by atoms with Crippen molar-refractivity contribution in [2.45, 2.75) is 26.2 Å². The Labute approximate surface area is 212 Å². The van der Waals surface area contributed by atoms with E-state index in [2.05, 4.69) is 75.1 Å². The van der Waals surface area contributed by atoms with Crippen molar-refractivity contribution in [1.29, 1.82) is 0 Å². The average molecular weight is 478 g/mol. The van der Waals surface area contributed by atoms with Gasteiger partial charge < -0.3 is 10.2 Å². The highest BCUT2D eigenvalue weighted by molar-refractivity contribution is 5.79. The summed E-state index contributed by atoms with van der Waals surface area (Å²) in [6.45, 7) is 3.90. The van der Waals surface area contributed by atoms with Gasteiger partial charge in [0.1, 0.15) is 0 Å². The second kappa shape index (κ2) is 11.4. The molecule has 182 valence electrons. The Kier molecular flexibility index (Phi) is 7.46. The van der Waals surface area contributed by atoms with Crippen LogP contribution in [0.15, 0.2) is 90.0 Å². The van der Waals surface area contributed by atoms with Crippen molar-refractivity contribution in [1.82, 2.24) is 15.0 Å². The number of rotatable bonds is 8. The molecule has 0 bridgehead atoms. The van der Waals surface area contributed by atoms with Crippen molar-refractivity contribution in [3.63, 3.8) is 0 Å². The summed E-state index contributed by atoms with van der Waals surface area (Å²) in [5.41, 5.74) is 7.52. The summed E-state index contributed by atoms with van der Waals surface area (Å²) in [5, 5.41) is 7.66. The molecule has 7 nitrogen and oxygen atoms in total. The van der Waals surface area contributed by atoms with Gasteiger partial charge in [-0.25, -0.2) is 5.43 Å². The van der Waals surface area contributed by atoms with Crippen LogP contribution in [0.25, 0.3) is 0 Å². The Hall–Kier alpha value is -4.26. The highest BCUT2D eigenvalue weighted by Crippen LogP contribution is 2.25. The number of aryl methyl sites for hydroxylation is 1. The second-order valence-corrected chi connectivity index (χ2v) is 9.17. The molecule has 0 amide bonds. The van der Waals surface area contributed by atoms with E-state index in [9.17, 15) is 0 Å². The molecule has 1 aliphatic heterocycles. The molecule has 1 aliphatic rings. The molecule has 1 saturated heterocycles. The molecule has 2 N–H and O–H groups in total. The van der Waals surface area contributed by atoms with Crippen LogP contribution in [-0.4, -0.2) is 34.3 Å². The molecular formula is C29H31N7. The van der Waals surface area contributed by atoms with Crippen LogP contribution in [0.1, 0.15) is 29.5 Å². The third kappa shape index (κ3) is 6.44. The van der Waals surface area contributed by atoms with Crippen molar-refractivity contribution in [3.05, 3.63) is 102 Å². The Balaban J connectivity index is 1.31. The van der Waals surface area contributed by atoms with Crippen LogP contribution < -0.4 is 15.6 Å². The maximum Gasteiger partial charge on any atom is 0.250 e. The standard InChI is InChI=1S/C29H31N7/c1-22-12-14-26(15-13-22)31-27-32-28(35-30-21-25-10-6-3-7-11-25)34-29(33-27)36-18-16-24(17-19-36)20-23-8-4-2-5-9-23/h2-15,21,24H,16-20H2,1H3,(H2,31,32,33,34,35)/b30-21-. The molecule has 0 atom stereocenters. The minimum atomic E-state index is 0.410. The highest BCUT2D eigenvalue weighted by atomic mass is 15.4. The molecule has 1 fully saturated rings. The van der Waals surface area contributed by atoms with Gasteiger partial charge in [-0.15, -0.1) is 0 Å². The first-order valence-corrected chi connectivity index (χ1v) is 12.4. The zero-order chi connectivity index (χ0) is 24.6. The number of hydrazone groups is 1. The van der Waals surface area contributed by atoms with Crippen molar-refractivity contribution in [3.8, 4) is 0 Å². The molecule has 0 radical (unpaired) electrons. The third-order valence-electron chi connectivity index (χ3n) is 6.37. The fourth-order valence-electron chi connectivity index (χ4n) is 4.37. The van der Waals surface area contributed by atoms with Gasteiger partial charge in [0.05, 0.1) is 6.21 Å². The fraction of sp³-hybridized carbons (Fsp3) is 0.241. The maximum absolute atomic E-state index is 4.75. The number of hydrogen-bond donors (Lipinski definition) is 2. The highest BCUT2D eigenvalue weighted by Gasteiger charge is 2.22. The fourth-order valence-corrected chi connectivity index (χ4v) is 4.37. The first-order chi connectivity index (χ1) is 17.7. The predicted octanol–water partition coefficient (Wildman–Crippen LogP) is 5.83. The quantitative estimate of drug-likeness (QED) is 0.246. The van der Waals surface area contributed by atoms with E-state index >= 15 is 0 Å². The minimum absolute atomic E-state index is 0.410. The van der Waals surface area contributed by atoms with Crippen LogP contribution in [-0.2, 0) is 6.42 Å². The summed E-state index contributed by atoms with van der Waals surface area (Å²) in [6.07, 6.45) is 5.09. The Bertz CT molecular complexity index is 1270. The van der Waals surface area contributed by atoms with Crippen LogP contribution in [0.2, 0.25) is 0 Å².